The Hall–Kier alpha value is -2.70. The van der Waals surface area contributed by atoms with E-state index in [9.17, 15) is 9.59 Å². The highest BCUT2D eigenvalue weighted by Gasteiger charge is 2.20. The summed E-state index contributed by atoms with van der Waals surface area (Å²) in [4.78, 5) is 27.4. The van der Waals surface area contributed by atoms with Crippen molar-refractivity contribution in [3.8, 4) is 5.75 Å². The van der Waals surface area contributed by atoms with Crippen LogP contribution < -0.4 is 10.1 Å². The number of hydrogen-bond acceptors (Lipinski definition) is 5. The van der Waals surface area contributed by atoms with Gasteiger partial charge < -0.3 is 14.8 Å². The highest BCUT2D eigenvalue weighted by molar-refractivity contribution is 5.98. The van der Waals surface area contributed by atoms with E-state index in [1.165, 1.54) is 0 Å². The number of Topliss-reactive ketones (excluding diaryl/α,β-unsaturated/α-hetero) is 1. The van der Waals surface area contributed by atoms with Crippen LogP contribution in [0.15, 0.2) is 54.6 Å². The minimum atomic E-state index is -0.114. The molecule has 0 unspecified atom stereocenters. The molecule has 30 heavy (non-hydrogen) atoms. The third-order valence-electron chi connectivity index (χ3n) is 5.15. The zero-order chi connectivity index (χ0) is 21.2. The summed E-state index contributed by atoms with van der Waals surface area (Å²) >= 11 is 0. The predicted octanol–water partition coefficient (Wildman–Crippen LogP) is 3.24. The molecule has 1 N–H and O–H groups in total. The molecular weight excluding hydrogens is 380 g/mol. The Kier molecular flexibility index (Phi) is 8.41. The summed E-state index contributed by atoms with van der Waals surface area (Å²) < 4.78 is 10.8. The minimum Gasteiger partial charge on any atom is -0.494 e. The summed E-state index contributed by atoms with van der Waals surface area (Å²) in [5, 5.41) is 3.12. The van der Waals surface area contributed by atoms with Crippen molar-refractivity contribution in [2.45, 2.75) is 25.8 Å². The number of ether oxygens (including phenoxy) is 2. The van der Waals surface area contributed by atoms with Crippen LogP contribution in [0.4, 0.5) is 0 Å². The van der Waals surface area contributed by atoms with Crippen LogP contribution in [0.25, 0.3) is 0 Å². The van der Waals surface area contributed by atoms with Crippen molar-refractivity contribution in [3.63, 3.8) is 0 Å². The molecule has 1 amide bonds. The predicted molar refractivity (Wildman–Crippen MR) is 116 cm³/mol. The van der Waals surface area contributed by atoms with Crippen LogP contribution in [-0.2, 0) is 9.53 Å². The van der Waals surface area contributed by atoms with Crippen LogP contribution in [0.1, 0.15) is 41.7 Å². The second-order valence-corrected chi connectivity index (χ2v) is 7.32. The Morgan fingerprint density at radius 2 is 1.73 bits per heavy atom. The van der Waals surface area contributed by atoms with Gasteiger partial charge in [0.2, 0.25) is 5.91 Å². The number of amides is 1. The molecule has 1 fully saturated rings. The molecule has 1 aliphatic rings. The molecule has 0 bridgehead atoms. The topological polar surface area (TPSA) is 67.9 Å². The number of hydrogen-bond donors (Lipinski definition) is 1. The average molecular weight is 411 g/mol. The minimum absolute atomic E-state index is 0.0439. The van der Waals surface area contributed by atoms with E-state index in [0.717, 1.165) is 30.9 Å². The number of nitrogens with zero attached hydrogens (tertiary/aromatic N) is 1. The van der Waals surface area contributed by atoms with Crippen molar-refractivity contribution >= 4 is 11.7 Å². The molecule has 1 heterocycles. The van der Waals surface area contributed by atoms with Gasteiger partial charge in [-0.25, -0.2) is 0 Å². The maximum absolute atomic E-state index is 12.6. The first-order valence-corrected chi connectivity index (χ1v) is 10.6. The van der Waals surface area contributed by atoms with Crippen LogP contribution in [0.3, 0.4) is 0 Å². The first-order chi connectivity index (χ1) is 14.7. The highest BCUT2D eigenvalue weighted by atomic mass is 16.5. The molecule has 2 aromatic rings. The van der Waals surface area contributed by atoms with E-state index in [0.29, 0.717) is 25.4 Å². The standard InChI is InChI=1S/C24H30N2O4/c1-2-30-21-10-8-20(9-11-21)23(27)12-13-24(28)25-22(19-6-4-3-5-7-19)18-26-14-16-29-17-15-26/h3-11,22H,2,12-18H2,1H3,(H,25,28)/t22-/m1/s1. The van der Waals surface area contributed by atoms with Gasteiger partial charge >= 0.3 is 0 Å². The molecule has 0 radical (unpaired) electrons. The van der Waals surface area contributed by atoms with Gasteiger partial charge in [0, 0.05) is 38.0 Å². The van der Waals surface area contributed by atoms with Gasteiger partial charge in [0.05, 0.1) is 25.9 Å². The number of rotatable bonds is 10. The molecular formula is C24H30N2O4. The third-order valence-corrected chi connectivity index (χ3v) is 5.15. The van der Waals surface area contributed by atoms with Crippen LogP contribution in [0, 0.1) is 0 Å². The van der Waals surface area contributed by atoms with Gasteiger partial charge in [-0.05, 0) is 36.8 Å². The van der Waals surface area contributed by atoms with Gasteiger partial charge in [0.15, 0.2) is 5.78 Å². The lowest BCUT2D eigenvalue weighted by Crippen LogP contribution is -2.43. The van der Waals surface area contributed by atoms with Gasteiger partial charge in [-0.15, -0.1) is 0 Å². The van der Waals surface area contributed by atoms with E-state index in [2.05, 4.69) is 10.2 Å². The second-order valence-electron chi connectivity index (χ2n) is 7.32. The molecule has 2 aromatic carbocycles. The van der Waals surface area contributed by atoms with E-state index in [1.807, 2.05) is 37.3 Å². The van der Waals surface area contributed by atoms with Crippen molar-refractivity contribution in [2.75, 3.05) is 39.5 Å². The van der Waals surface area contributed by atoms with E-state index in [4.69, 9.17) is 9.47 Å². The fraction of sp³-hybridized carbons (Fsp3) is 0.417. The number of nitrogens with one attached hydrogen (secondary N) is 1. The van der Waals surface area contributed by atoms with Crippen LogP contribution in [-0.4, -0.2) is 56.0 Å². The Labute approximate surface area is 178 Å². The Morgan fingerprint density at radius 3 is 2.40 bits per heavy atom. The van der Waals surface area contributed by atoms with Gasteiger partial charge in [-0.2, -0.15) is 0 Å². The lowest BCUT2D eigenvalue weighted by molar-refractivity contribution is -0.122. The monoisotopic (exact) mass is 410 g/mol. The van der Waals surface area contributed by atoms with Gasteiger partial charge in [0.25, 0.3) is 0 Å². The first-order valence-electron chi connectivity index (χ1n) is 10.6. The summed E-state index contributed by atoms with van der Waals surface area (Å²) in [5.41, 5.74) is 1.66. The normalized spacial score (nSPS) is 15.4. The first kappa shape index (κ1) is 22.0. The number of ketones is 1. The maximum Gasteiger partial charge on any atom is 0.220 e. The quantitative estimate of drug-likeness (QED) is 0.609. The van der Waals surface area contributed by atoms with E-state index < -0.39 is 0 Å². The van der Waals surface area contributed by atoms with E-state index >= 15 is 0 Å². The summed E-state index contributed by atoms with van der Waals surface area (Å²) in [6, 6.07) is 16.9. The summed E-state index contributed by atoms with van der Waals surface area (Å²) in [5.74, 6) is 0.578. The molecule has 0 aliphatic carbocycles. The second kappa shape index (κ2) is 11.5. The largest absolute Gasteiger partial charge is 0.494 e. The molecule has 1 aliphatic heterocycles. The molecule has 0 aromatic heterocycles. The fourth-order valence-corrected chi connectivity index (χ4v) is 3.50. The fourth-order valence-electron chi connectivity index (χ4n) is 3.50. The van der Waals surface area contributed by atoms with Crippen molar-refractivity contribution in [3.05, 3.63) is 65.7 Å². The Morgan fingerprint density at radius 1 is 1.03 bits per heavy atom. The number of benzene rings is 2. The van der Waals surface area contributed by atoms with Gasteiger partial charge in [0.1, 0.15) is 5.75 Å². The number of carbonyl (C=O) groups is 2. The molecule has 160 valence electrons. The zero-order valence-corrected chi connectivity index (χ0v) is 17.5. The number of morpholine rings is 1. The molecule has 6 nitrogen and oxygen atoms in total. The molecule has 1 atom stereocenters. The Bertz CT molecular complexity index is 802. The van der Waals surface area contributed by atoms with Crippen LogP contribution in [0.5, 0.6) is 5.75 Å². The zero-order valence-electron chi connectivity index (χ0n) is 17.5. The van der Waals surface area contributed by atoms with Crippen molar-refractivity contribution in [1.82, 2.24) is 10.2 Å². The van der Waals surface area contributed by atoms with Crippen molar-refractivity contribution in [1.29, 1.82) is 0 Å². The lowest BCUT2D eigenvalue weighted by atomic mass is 10.0. The van der Waals surface area contributed by atoms with E-state index in [1.54, 1.807) is 24.3 Å². The van der Waals surface area contributed by atoms with Crippen molar-refractivity contribution in [2.24, 2.45) is 0 Å². The molecule has 0 saturated carbocycles. The SMILES string of the molecule is CCOc1ccc(C(=O)CCC(=O)N[C@H](CN2CCOCC2)c2ccccc2)cc1. The van der Waals surface area contributed by atoms with Gasteiger partial charge in [-0.3, -0.25) is 14.5 Å². The maximum atomic E-state index is 12.6. The van der Waals surface area contributed by atoms with Gasteiger partial charge in [-0.1, -0.05) is 30.3 Å². The summed E-state index contributed by atoms with van der Waals surface area (Å²) in [7, 11) is 0. The lowest BCUT2D eigenvalue weighted by Gasteiger charge is -2.31. The summed E-state index contributed by atoms with van der Waals surface area (Å²) in [6.45, 7) is 6.37. The van der Waals surface area contributed by atoms with Crippen molar-refractivity contribution < 1.29 is 19.1 Å². The third kappa shape index (κ3) is 6.68. The van der Waals surface area contributed by atoms with E-state index in [-0.39, 0.29) is 30.6 Å². The van der Waals surface area contributed by atoms with Crippen LogP contribution in [0.2, 0.25) is 0 Å². The molecule has 0 spiro atoms. The summed E-state index contributed by atoms with van der Waals surface area (Å²) in [6.07, 6.45) is 0.345. The Balaban J connectivity index is 1.55. The number of carbonyl (C=O) groups excluding carboxylic acids is 2. The molecule has 1 saturated heterocycles. The molecule has 6 heteroatoms. The smallest absolute Gasteiger partial charge is 0.220 e. The highest BCUT2D eigenvalue weighted by Crippen LogP contribution is 2.17. The molecule has 3 rings (SSSR count). The van der Waals surface area contributed by atoms with Crippen LogP contribution >= 0.6 is 0 Å². The average Bonchev–Trinajstić information content (AvgIpc) is 2.79.